The maximum atomic E-state index is 12.3. The van der Waals surface area contributed by atoms with Crippen molar-refractivity contribution in [3.05, 3.63) is 59.2 Å². The first-order valence-corrected chi connectivity index (χ1v) is 8.17. The van der Waals surface area contributed by atoms with E-state index in [1.807, 2.05) is 4.90 Å². The number of hydrogen-bond donors (Lipinski definition) is 1. The molecule has 0 saturated carbocycles. The van der Waals surface area contributed by atoms with Gasteiger partial charge in [-0.15, -0.1) is 0 Å². The number of amides is 1. The molecular formula is C19H23N3O. The number of nitrogens with zero attached hydrogens (tertiary/aromatic N) is 2. The highest BCUT2D eigenvalue weighted by Gasteiger charge is 2.23. The molecule has 0 aliphatic carbocycles. The van der Waals surface area contributed by atoms with Gasteiger partial charge in [-0.1, -0.05) is 30.4 Å². The lowest BCUT2D eigenvalue weighted by Gasteiger charge is -2.30. The Kier molecular flexibility index (Phi) is 4.60. The van der Waals surface area contributed by atoms with E-state index < -0.39 is 0 Å². The maximum absolute atomic E-state index is 12.3. The molecule has 1 N–H and O–H groups in total. The average Bonchev–Trinajstić information content (AvgIpc) is 3.09. The summed E-state index contributed by atoms with van der Waals surface area (Å²) in [6.45, 7) is 5.91. The van der Waals surface area contributed by atoms with Crippen molar-refractivity contribution in [2.24, 2.45) is 5.92 Å². The van der Waals surface area contributed by atoms with Crippen LogP contribution in [-0.2, 0) is 0 Å². The molecule has 23 heavy (non-hydrogen) atoms. The van der Waals surface area contributed by atoms with Crippen LogP contribution in [0.5, 0.6) is 0 Å². The highest BCUT2D eigenvalue weighted by atomic mass is 16.2. The first-order valence-electron chi connectivity index (χ1n) is 8.17. The SMILES string of the molecule is Cc1cccc(C)c1/C=C/C1CCN(C(=O)c2cnc[nH]2)CC1. The third-order valence-electron chi connectivity index (χ3n) is 4.63. The third-order valence-corrected chi connectivity index (χ3v) is 4.63. The Labute approximate surface area is 137 Å². The van der Waals surface area contributed by atoms with Crippen LogP contribution in [0, 0.1) is 19.8 Å². The van der Waals surface area contributed by atoms with Crippen molar-refractivity contribution in [1.82, 2.24) is 14.9 Å². The van der Waals surface area contributed by atoms with Crippen LogP contribution in [0.15, 0.2) is 36.8 Å². The first kappa shape index (κ1) is 15.5. The molecule has 2 heterocycles. The number of carbonyl (C=O) groups is 1. The summed E-state index contributed by atoms with van der Waals surface area (Å²) >= 11 is 0. The van der Waals surface area contributed by atoms with Crippen LogP contribution in [0.25, 0.3) is 6.08 Å². The van der Waals surface area contributed by atoms with Gasteiger partial charge in [0, 0.05) is 13.1 Å². The van der Waals surface area contributed by atoms with Gasteiger partial charge < -0.3 is 9.88 Å². The predicted molar refractivity (Wildman–Crippen MR) is 92.2 cm³/mol. The van der Waals surface area contributed by atoms with Gasteiger partial charge in [0.15, 0.2) is 0 Å². The van der Waals surface area contributed by atoms with Gasteiger partial charge in [0.25, 0.3) is 5.91 Å². The van der Waals surface area contributed by atoms with Crippen LogP contribution < -0.4 is 0 Å². The zero-order valence-electron chi connectivity index (χ0n) is 13.7. The molecule has 120 valence electrons. The van der Waals surface area contributed by atoms with Crippen LogP contribution in [0.4, 0.5) is 0 Å². The van der Waals surface area contributed by atoms with Crippen LogP contribution in [0.1, 0.15) is 40.0 Å². The Hall–Kier alpha value is -2.36. The molecule has 1 aromatic heterocycles. The predicted octanol–water partition coefficient (Wildman–Crippen LogP) is 3.59. The molecule has 1 aromatic carbocycles. The van der Waals surface area contributed by atoms with Gasteiger partial charge in [0.05, 0.1) is 12.5 Å². The Balaban J connectivity index is 1.59. The third kappa shape index (κ3) is 3.52. The molecule has 0 radical (unpaired) electrons. The van der Waals surface area contributed by atoms with E-state index >= 15 is 0 Å². The van der Waals surface area contributed by atoms with E-state index in [1.165, 1.54) is 16.7 Å². The van der Waals surface area contributed by atoms with Gasteiger partial charge in [-0.2, -0.15) is 0 Å². The van der Waals surface area contributed by atoms with E-state index in [-0.39, 0.29) is 5.91 Å². The van der Waals surface area contributed by atoms with Crippen molar-refractivity contribution >= 4 is 12.0 Å². The molecule has 0 bridgehead atoms. The number of rotatable bonds is 3. The largest absolute Gasteiger partial charge is 0.341 e. The standard InChI is InChI=1S/C19H23N3O/c1-14-4-3-5-15(2)17(14)7-6-16-8-10-22(11-9-16)19(23)18-12-20-13-21-18/h3-7,12-13,16H,8-11H2,1-2H3,(H,20,21)/b7-6+. The zero-order chi connectivity index (χ0) is 16.2. The number of likely N-dealkylation sites (tertiary alicyclic amines) is 1. The topological polar surface area (TPSA) is 49.0 Å². The molecule has 4 heteroatoms. The molecule has 4 nitrogen and oxygen atoms in total. The number of benzene rings is 1. The minimum Gasteiger partial charge on any atom is -0.341 e. The van der Waals surface area contributed by atoms with Crippen molar-refractivity contribution in [3.8, 4) is 0 Å². The monoisotopic (exact) mass is 309 g/mol. The number of H-pyrrole nitrogens is 1. The molecule has 0 unspecified atom stereocenters. The minimum absolute atomic E-state index is 0.0553. The smallest absolute Gasteiger partial charge is 0.271 e. The van der Waals surface area contributed by atoms with Crippen molar-refractivity contribution in [1.29, 1.82) is 0 Å². The van der Waals surface area contributed by atoms with Crippen LogP contribution in [0.3, 0.4) is 0 Å². The first-order chi connectivity index (χ1) is 11.1. The minimum atomic E-state index is 0.0553. The molecular weight excluding hydrogens is 286 g/mol. The van der Waals surface area contributed by atoms with Crippen LogP contribution >= 0.6 is 0 Å². The Morgan fingerprint density at radius 1 is 1.26 bits per heavy atom. The highest BCUT2D eigenvalue weighted by Crippen LogP contribution is 2.22. The molecule has 1 aliphatic rings. The molecule has 2 aromatic rings. The van der Waals surface area contributed by atoms with Crippen molar-refractivity contribution in [2.45, 2.75) is 26.7 Å². The Morgan fingerprint density at radius 2 is 1.96 bits per heavy atom. The number of imidazole rings is 1. The van der Waals surface area contributed by atoms with Crippen molar-refractivity contribution in [3.63, 3.8) is 0 Å². The number of aryl methyl sites for hydroxylation is 2. The normalized spacial score (nSPS) is 16.2. The lowest BCUT2D eigenvalue weighted by Crippen LogP contribution is -2.38. The second kappa shape index (κ2) is 6.82. The fourth-order valence-electron chi connectivity index (χ4n) is 3.16. The summed E-state index contributed by atoms with van der Waals surface area (Å²) in [5.41, 5.74) is 4.53. The van der Waals surface area contributed by atoms with Crippen molar-refractivity contribution in [2.75, 3.05) is 13.1 Å². The second-order valence-corrected chi connectivity index (χ2v) is 6.26. The highest BCUT2D eigenvalue weighted by molar-refractivity contribution is 5.92. The summed E-state index contributed by atoms with van der Waals surface area (Å²) in [5, 5.41) is 0. The lowest BCUT2D eigenvalue weighted by molar-refractivity contribution is 0.0700. The molecule has 0 spiro atoms. The molecule has 1 fully saturated rings. The van der Waals surface area contributed by atoms with Gasteiger partial charge in [0.1, 0.15) is 5.69 Å². The van der Waals surface area contributed by atoms with Gasteiger partial charge in [-0.05, 0) is 49.3 Å². The number of aromatic nitrogens is 2. The average molecular weight is 309 g/mol. The fourth-order valence-corrected chi connectivity index (χ4v) is 3.16. The van der Waals surface area contributed by atoms with E-state index in [0.29, 0.717) is 11.6 Å². The number of carbonyl (C=O) groups excluding carboxylic acids is 1. The molecule has 3 rings (SSSR count). The molecule has 1 aliphatic heterocycles. The summed E-state index contributed by atoms with van der Waals surface area (Å²) in [4.78, 5) is 21.0. The zero-order valence-corrected chi connectivity index (χ0v) is 13.7. The molecule has 1 amide bonds. The fraction of sp³-hybridized carbons (Fsp3) is 0.368. The quantitative estimate of drug-likeness (QED) is 0.942. The van der Waals surface area contributed by atoms with E-state index in [0.717, 1.165) is 25.9 Å². The number of aromatic amines is 1. The summed E-state index contributed by atoms with van der Waals surface area (Å²) in [5.74, 6) is 0.597. The molecule has 0 atom stereocenters. The molecule has 1 saturated heterocycles. The van der Waals surface area contributed by atoms with E-state index in [9.17, 15) is 4.79 Å². The van der Waals surface area contributed by atoms with E-state index in [1.54, 1.807) is 12.5 Å². The summed E-state index contributed by atoms with van der Waals surface area (Å²) < 4.78 is 0. The summed E-state index contributed by atoms with van der Waals surface area (Å²) in [6.07, 6.45) is 9.74. The number of hydrogen-bond acceptors (Lipinski definition) is 2. The Morgan fingerprint density at radius 3 is 2.57 bits per heavy atom. The van der Waals surface area contributed by atoms with Crippen LogP contribution in [-0.4, -0.2) is 33.9 Å². The van der Waals surface area contributed by atoms with Gasteiger partial charge >= 0.3 is 0 Å². The maximum Gasteiger partial charge on any atom is 0.271 e. The lowest BCUT2D eigenvalue weighted by atomic mass is 9.94. The summed E-state index contributed by atoms with van der Waals surface area (Å²) in [7, 11) is 0. The number of nitrogens with one attached hydrogen (secondary N) is 1. The number of piperidine rings is 1. The summed E-state index contributed by atoms with van der Waals surface area (Å²) in [6, 6.07) is 6.40. The van der Waals surface area contributed by atoms with E-state index in [4.69, 9.17) is 0 Å². The van der Waals surface area contributed by atoms with Gasteiger partial charge in [0.2, 0.25) is 0 Å². The van der Waals surface area contributed by atoms with Crippen LogP contribution in [0.2, 0.25) is 0 Å². The van der Waals surface area contributed by atoms with E-state index in [2.05, 4.69) is 54.2 Å². The second-order valence-electron chi connectivity index (χ2n) is 6.26. The number of allylic oxidation sites excluding steroid dienone is 1. The Bertz CT molecular complexity index is 675. The van der Waals surface area contributed by atoms with Crippen molar-refractivity contribution < 1.29 is 4.79 Å². The van der Waals surface area contributed by atoms with Gasteiger partial charge in [-0.25, -0.2) is 4.98 Å². The van der Waals surface area contributed by atoms with Gasteiger partial charge in [-0.3, -0.25) is 4.79 Å².